The Morgan fingerprint density at radius 1 is 0.418 bits per heavy atom. The van der Waals surface area contributed by atoms with E-state index in [-0.39, 0.29) is 96.2 Å². The SMILES string of the molecule is CC(=O)c1ccc(S(=O)(=O)[O-])cc1.CC(C)c1cc(C(C)C)c(S(=O)(=O)[O-])c(C(C)C)c1.COC(=O)c1cc(C(=O)OC)cc(S(=O)(=O)[O-])c1.Cc1cc(C(=O)O)cc(S(=O)(=O)[O-])c1.Fc1cccc([S+](c2cccc(F)c2)c2cccc(F)c2)c1.O=S(=O)([O-])c1ccc(O)cc1.[B]c1c(F)c(F)c(F)c(F)c1F.[I-]. The fourth-order valence-electron chi connectivity index (χ4n) is 8.69. The normalized spacial score (nSPS) is 11.2. The molecule has 0 spiro atoms. The third-order valence-corrected chi connectivity index (χ3v) is 20.4. The minimum atomic E-state index is -4.80. The number of ether oxygens (including phenoxy) is 2. The zero-order valence-corrected chi connectivity index (χ0v) is 65.9. The number of benzene rings is 9. The molecule has 0 atom stereocenters. The molecule has 110 heavy (non-hydrogen) atoms. The smallest absolute Gasteiger partial charge is 0.337 e. The highest BCUT2D eigenvalue weighted by Gasteiger charge is 2.30. The van der Waals surface area contributed by atoms with Gasteiger partial charge in [0, 0.05) is 23.8 Å². The summed E-state index contributed by atoms with van der Waals surface area (Å²) in [5.41, 5.74) is 1.14. The first-order chi connectivity index (χ1) is 50.2. The molecule has 9 aromatic carbocycles. The number of carboxylic acid groups (broad SMARTS) is 1. The lowest BCUT2D eigenvalue weighted by molar-refractivity contribution is -0.0000947. The van der Waals surface area contributed by atoms with Crippen molar-refractivity contribution in [2.75, 3.05) is 14.2 Å². The first-order valence-corrected chi connectivity index (χ1v) is 38.7. The third kappa shape index (κ3) is 29.7. The van der Waals surface area contributed by atoms with Crippen molar-refractivity contribution in [1.82, 2.24) is 0 Å². The van der Waals surface area contributed by atoms with Gasteiger partial charge < -0.3 is 66.4 Å². The van der Waals surface area contributed by atoms with Crippen LogP contribution in [-0.2, 0) is 71.0 Å². The Balaban J connectivity index is 0.000000441. The second kappa shape index (κ2) is 41.9. The van der Waals surface area contributed by atoms with Crippen LogP contribution in [0.4, 0.5) is 35.1 Å². The van der Waals surface area contributed by atoms with Crippen molar-refractivity contribution in [3.63, 3.8) is 0 Å². The number of Topliss-reactive ketones (excluding diaryl/α,β-unsaturated/α-hetero) is 1. The zero-order chi connectivity index (χ0) is 83.3. The molecule has 592 valence electrons. The van der Waals surface area contributed by atoms with Gasteiger partial charge in [-0.2, -0.15) is 0 Å². The minimum Gasteiger partial charge on any atom is -1.00 e. The topological polar surface area (TPSA) is 413 Å². The summed E-state index contributed by atoms with van der Waals surface area (Å²) in [6, 6.07) is 37.4. The highest BCUT2D eigenvalue weighted by Crippen LogP contribution is 2.36. The number of methoxy groups -OCH3 is 2. The second-order valence-electron chi connectivity index (χ2n) is 23.1. The number of rotatable bonds is 15. The molecule has 0 aliphatic heterocycles. The van der Waals surface area contributed by atoms with Crippen LogP contribution in [0.2, 0.25) is 0 Å². The maximum absolute atomic E-state index is 13.6. The fraction of sp³-hybridized carbons (Fsp3) is 0.183. The maximum Gasteiger partial charge on any atom is 0.337 e. The number of esters is 2. The highest BCUT2D eigenvalue weighted by atomic mass is 127. The number of carboxylic acids is 1. The Morgan fingerprint density at radius 2 is 0.745 bits per heavy atom. The third-order valence-electron chi connectivity index (χ3n) is 14.0. The van der Waals surface area contributed by atoms with Gasteiger partial charge in [0.05, 0.1) is 66.3 Å². The van der Waals surface area contributed by atoms with E-state index >= 15 is 0 Å². The number of aromatic hydroxyl groups is 1. The van der Waals surface area contributed by atoms with E-state index in [1.165, 1.54) is 68.4 Å². The Kier molecular flexibility index (Phi) is 36.9. The van der Waals surface area contributed by atoms with Crippen molar-refractivity contribution in [2.45, 2.75) is 112 Å². The van der Waals surface area contributed by atoms with Crippen molar-refractivity contribution in [3.8, 4) is 5.75 Å². The van der Waals surface area contributed by atoms with Crippen LogP contribution >= 0.6 is 0 Å². The summed E-state index contributed by atoms with van der Waals surface area (Å²) < 4.78 is 272. The predicted molar refractivity (Wildman–Crippen MR) is 373 cm³/mol. The molecule has 2 N–H and O–H groups in total. The number of phenolic OH excluding ortho intramolecular Hbond substituents is 1. The summed E-state index contributed by atoms with van der Waals surface area (Å²) in [5, 5.41) is 17.3. The van der Waals surface area contributed by atoms with Gasteiger partial charge in [0.15, 0.2) is 49.6 Å². The number of halogens is 9. The van der Waals surface area contributed by atoms with E-state index in [1.807, 2.05) is 39.8 Å². The van der Waals surface area contributed by atoms with Crippen LogP contribution in [0.15, 0.2) is 209 Å². The van der Waals surface area contributed by atoms with Crippen LogP contribution in [0.1, 0.15) is 130 Å². The van der Waals surface area contributed by atoms with Crippen LogP contribution in [0.3, 0.4) is 0 Å². The molecule has 0 unspecified atom stereocenters. The van der Waals surface area contributed by atoms with Gasteiger partial charge in [0.1, 0.15) is 81.6 Å². The monoisotopic (exact) mass is 1770 g/mol. The van der Waals surface area contributed by atoms with E-state index in [9.17, 15) is 119 Å². The van der Waals surface area contributed by atoms with Crippen LogP contribution in [-0.4, -0.2) is 121 Å². The molecule has 0 aromatic heterocycles. The Hall–Kier alpha value is -9.01. The number of carbonyl (C=O) groups is 4. The molecule has 0 bridgehead atoms. The van der Waals surface area contributed by atoms with Crippen molar-refractivity contribution in [3.05, 3.63) is 261 Å². The number of phenols is 1. The fourth-order valence-corrected chi connectivity index (χ4v) is 14.1. The quantitative estimate of drug-likeness (QED) is 0.0111. The number of ketones is 1. The molecule has 0 aliphatic rings. The molecule has 0 saturated carbocycles. The molecule has 0 aliphatic carbocycles. The molecule has 0 amide bonds. The van der Waals surface area contributed by atoms with Crippen LogP contribution in [0.25, 0.3) is 0 Å². The molecule has 0 saturated heterocycles. The lowest BCUT2D eigenvalue weighted by atomic mass is 9.89. The van der Waals surface area contributed by atoms with Crippen molar-refractivity contribution in [2.24, 2.45) is 0 Å². The van der Waals surface area contributed by atoms with Gasteiger partial charge in [0.25, 0.3) is 0 Å². The molecule has 2 radical (unpaired) electrons. The first-order valence-electron chi connectivity index (χ1n) is 30.5. The molecule has 23 nitrogen and oxygen atoms in total. The number of carbonyl (C=O) groups excluding carboxylic acids is 3. The van der Waals surface area contributed by atoms with E-state index in [0.717, 1.165) is 86.5 Å². The molecule has 39 heteroatoms. The average molecular weight is 1770 g/mol. The van der Waals surface area contributed by atoms with Gasteiger partial charge in [0.2, 0.25) is 0 Å². The highest BCUT2D eigenvalue weighted by molar-refractivity contribution is 7.97. The molecule has 9 aromatic rings. The molecular weight excluding hydrogens is 1700 g/mol. The standard InChI is InChI=1S/C18H12F3S.C15H24O3S.C10H10O7S.C8H8O5S.C8H8O4S.C6BF5.C6H6O4S.HI/c19-13-4-1-7-16(10-13)22(17-8-2-5-14(20)11-17)18-9-3-6-15(21)12-18;1-9(2)12-7-13(10(3)4)15(19(16,17)18)14(8-12)11(5)6;1-16-9(11)6-3-7(10(12)17-2)5-8(4-6)18(13,14)15;1-5-2-6(8(9)10)4-7(3-5)14(11,12)13;1-6(9)7-2-4-8(5-3-7)13(10,11)12;7-1-2(8)4(10)6(12)5(11)3(1)9;7-5-1-3-6(4-2-5)11(8,9)10;/h1-12H;7-11H,1-6H3,(H,16,17,18);3-5H,1-2H3,(H,13,14,15);2-4H,1H3,(H,9,10)(H,11,12,13);2-5H,1H3,(H,10,11,12);;1-4,7H,(H,8,9,10);1H/q+1;;;;;;;/p-6. The zero-order valence-electron chi connectivity index (χ0n) is 58.8. The van der Waals surface area contributed by atoms with Gasteiger partial charge >= 0.3 is 17.9 Å². The Bertz CT molecular complexity index is 5120. The number of aromatic carboxylic acids is 1. The summed E-state index contributed by atoms with van der Waals surface area (Å²) >= 11 is 0. The predicted octanol–water partition coefficient (Wildman–Crippen LogP) is 9.19. The van der Waals surface area contributed by atoms with E-state index in [0.29, 0.717) is 42.9 Å². The average Bonchev–Trinajstić information content (AvgIpc) is 0.776. The molecule has 0 fully saturated rings. The second-order valence-corrected chi connectivity index (χ2v) is 31.9. The van der Waals surface area contributed by atoms with Gasteiger partial charge in [-0.25, -0.2) is 91.6 Å². The number of aryl methyl sites for hydroxylation is 1. The van der Waals surface area contributed by atoms with Crippen LogP contribution in [0.5, 0.6) is 5.75 Å². The summed E-state index contributed by atoms with van der Waals surface area (Å²) in [7, 11) is -16.7. The van der Waals surface area contributed by atoms with Gasteiger partial charge in [-0.1, -0.05) is 84.0 Å². The number of hydrogen-bond donors (Lipinski definition) is 2. The Morgan fingerprint density at radius 3 is 1.04 bits per heavy atom. The summed E-state index contributed by atoms with van der Waals surface area (Å²) in [6.07, 6.45) is 0. The first kappa shape index (κ1) is 97.1. The van der Waals surface area contributed by atoms with Crippen molar-refractivity contribution in [1.29, 1.82) is 0 Å². The van der Waals surface area contributed by atoms with Crippen molar-refractivity contribution >= 4 is 98.5 Å². The van der Waals surface area contributed by atoms with E-state index in [1.54, 1.807) is 36.4 Å². The van der Waals surface area contributed by atoms with Gasteiger partial charge in [-0.3, -0.25) is 4.79 Å². The maximum atomic E-state index is 13.6. The molecular formula is C71H63BF8IO23S6-5. The summed E-state index contributed by atoms with van der Waals surface area (Å²) in [4.78, 5) is 44.0. The van der Waals surface area contributed by atoms with Gasteiger partial charge in [-0.05, 0) is 169 Å². The van der Waals surface area contributed by atoms with Crippen LogP contribution < -0.4 is 29.4 Å². The van der Waals surface area contributed by atoms with Crippen molar-refractivity contribution < 1.29 is 163 Å². The lowest BCUT2D eigenvalue weighted by Crippen LogP contribution is -3.00. The minimum absolute atomic E-state index is 0. The largest absolute Gasteiger partial charge is 1.00 e. The lowest BCUT2D eigenvalue weighted by Gasteiger charge is -2.24. The van der Waals surface area contributed by atoms with E-state index in [4.69, 9.17) is 10.2 Å². The van der Waals surface area contributed by atoms with Gasteiger partial charge in [-0.15, -0.1) is 0 Å². The van der Waals surface area contributed by atoms with E-state index in [2.05, 4.69) is 31.2 Å². The molecule has 9 rings (SSSR count). The molecule has 0 heterocycles. The summed E-state index contributed by atoms with van der Waals surface area (Å²) in [6.45, 7) is 14.7. The summed E-state index contributed by atoms with van der Waals surface area (Å²) in [5.74, 6) is -14.3. The Labute approximate surface area is 649 Å². The van der Waals surface area contributed by atoms with E-state index < -0.39 is 124 Å². The van der Waals surface area contributed by atoms with Crippen LogP contribution in [0, 0.1) is 53.5 Å². The number of hydrogen-bond acceptors (Lipinski definition) is 22.